The maximum absolute atomic E-state index is 11.8. The number of aromatic nitrogens is 2. The molecule has 4 rings (SSSR count). The van der Waals surface area contributed by atoms with E-state index in [2.05, 4.69) is 51.4 Å². The Balaban J connectivity index is 1.33. The zero-order valence-electron chi connectivity index (χ0n) is 16.6. The molecule has 1 unspecified atom stereocenters. The van der Waals surface area contributed by atoms with Crippen molar-refractivity contribution in [3.8, 4) is 0 Å². The molecule has 0 aliphatic carbocycles. The summed E-state index contributed by atoms with van der Waals surface area (Å²) in [6.45, 7) is 6.76. The van der Waals surface area contributed by atoms with Crippen molar-refractivity contribution in [1.29, 1.82) is 0 Å². The van der Waals surface area contributed by atoms with Gasteiger partial charge in [-0.2, -0.15) is 0 Å². The fourth-order valence-corrected chi connectivity index (χ4v) is 4.06. The fraction of sp³-hybridized carbons (Fsp3) is 0.500. The number of anilines is 2. The van der Waals surface area contributed by atoms with Crippen molar-refractivity contribution in [1.82, 2.24) is 14.9 Å². The highest BCUT2D eigenvalue weighted by Crippen LogP contribution is 2.22. The number of likely N-dealkylation sites (tertiary alicyclic amines) is 1. The highest BCUT2D eigenvalue weighted by atomic mass is 16.2. The normalized spacial score (nSPS) is 19.9. The van der Waals surface area contributed by atoms with Gasteiger partial charge < -0.3 is 15.1 Å². The lowest BCUT2D eigenvalue weighted by molar-refractivity contribution is -0.128. The maximum Gasteiger partial charge on any atom is 0.222 e. The third kappa shape index (κ3) is 4.61. The van der Waals surface area contributed by atoms with Crippen LogP contribution < -0.4 is 10.2 Å². The second-order valence-corrected chi connectivity index (χ2v) is 8.04. The van der Waals surface area contributed by atoms with Gasteiger partial charge in [0.25, 0.3) is 0 Å². The quantitative estimate of drug-likeness (QED) is 0.833. The van der Waals surface area contributed by atoms with Crippen molar-refractivity contribution in [3.05, 3.63) is 47.8 Å². The van der Waals surface area contributed by atoms with Gasteiger partial charge in [0.1, 0.15) is 18.0 Å². The third-order valence-corrected chi connectivity index (χ3v) is 5.68. The molecule has 28 heavy (non-hydrogen) atoms. The summed E-state index contributed by atoms with van der Waals surface area (Å²) in [5, 5.41) is 3.41. The minimum absolute atomic E-state index is 0.272. The molecule has 0 radical (unpaired) electrons. The van der Waals surface area contributed by atoms with Crippen LogP contribution in [0.15, 0.2) is 36.7 Å². The van der Waals surface area contributed by atoms with Crippen LogP contribution in [0.3, 0.4) is 0 Å². The summed E-state index contributed by atoms with van der Waals surface area (Å²) in [4.78, 5) is 24.9. The van der Waals surface area contributed by atoms with E-state index in [0.29, 0.717) is 6.42 Å². The van der Waals surface area contributed by atoms with Gasteiger partial charge in [0.05, 0.1) is 0 Å². The van der Waals surface area contributed by atoms with E-state index in [9.17, 15) is 4.79 Å². The molecule has 2 aromatic rings. The van der Waals surface area contributed by atoms with E-state index < -0.39 is 0 Å². The summed E-state index contributed by atoms with van der Waals surface area (Å²) < 4.78 is 0. The Hall–Kier alpha value is -2.63. The van der Waals surface area contributed by atoms with Gasteiger partial charge in [0.15, 0.2) is 0 Å². The van der Waals surface area contributed by atoms with Gasteiger partial charge >= 0.3 is 0 Å². The van der Waals surface area contributed by atoms with Crippen LogP contribution >= 0.6 is 0 Å². The van der Waals surface area contributed by atoms with Crippen molar-refractivity contribution in [3.63, 3.8) is 0 Å². The summed E-state index contributed by atoms with van der Waals surface area (Å²) in [5.41, 5.74) is 2.38. The lowest BCUT2D eigenvalue weighted by atomic mass is 10.0. The molecule has 1 amide bonds. The molecular weight excluding hydrogens is 350 g/mol. The van der Waals surface area contributed by atoms with E-state index in [1.165, 1.54) is 24.0 Å². The minimum Gasteiger partial charge on any atom is -0.366 e. The summed E-state index contributed by atoms with van der Waals surface area (Å²) >= 11 is 0. The van der Waals surface area contributed by atoms with Crippen molar-refractivity contribution in [2.75, 3.05) is 29.9 Å². The lowest BCUT2D eigenvalue weighted by Crippen LogP contribution is -2.34. The lowest BCUT2D eigenvalue weighted by Gasteiger charge is -2.31. The first-order chi connectivity index (χ1) is 13.7. The first-order valence-electron chi connectivity index (χ1n) is 10.3. The molecule has 2 aliphatic rings. The average molecular weight is 380 g/mol. The molecule has 1 aromatic heterocycles. The average Bonchev–Trinajstić information content (AvgIpc) is 3.12. The Morgan fingerprint density at radius 3 is 2.68 bits per heavy atom. The second kappa shape index (κ2) is 8.59. The first kappa shape index (κ1) is 18.7. The number of amides is 1. The number of nitrogens with one attached hydrogen (secondary N) is 1. The Morgan fingerprint density at radius 2 is 1.93 bits per heavy atom. The van der Waals surface area contributed by atoms with Crippen LogP contribution in [-0.4, -0.2) is 40.4 Å². The summed E-state index contributed by atoms with van der Waals surface area (Å²) in [6.07, 6.45) is 5.85. The van der Waals surface area contributed by atoms with Crippen LogP contribution in [0.4, 0.5) is 11.6 Å². The van der Waals surface area contributed by atoms with Crippen LogP contribution in [0.5, 0.6) is 0 Å². The Kier molecular flexibility index (Phi) is 5.74. The molecule has 0 saturated carbocycles. The zero-order valence-corrected chi connectivity index (χ0v) is 16.6. The van der Waals surface area contributed by atoms with Gasteiger partial charge in [0, 0.05) is 45.2 Å². The Bertz CT molecular complexity index is 807. The largest absolute Gasteiger partial charge is 0.366 e. The second-order valence-electron chi connectivity index (χ2n) is 8.04. The van der Waals surface area contributed by atoms with Crippen molar-refractivity contribution >= 4 is 17.5 Å². The van der Waals surface area contributed by atoms with Gasteiger partial charge in [-0.1, -0.05) is 31.2 Å². The Morgan fingerprint density at radius 1 is 1.11 bits per heavy atom. The SMILES string of the molecule is CC1CCCN(c2cc(NCc3ccc(CN4CCCC4=O)cc3)ncn2)C1. The topological polar surface area (TPSA) is 61.4 Å². The first-order valence-corrected chi connectivity index (χ1v) is 10.3. The monoisotopic (exact) mass is 379 g/mol. The van der Waals surface area contributed by atoms with Crippen molar-refractivity contribution < 1.29 is 4.79 Å². The molecule has 1 N–H and O–H groups in total. The van der Waals surface area contributed by atoms with Crippen LogP contribution in [0.25, 0.3) is 0 Å². The van der Waals surface area contributed by atoms with E-state index in [-0.39, 0.29) is 5.91 Å². The molecule has 1 aromatic carbocycles. The standard InChI is InChI=1S/C22H29N5O/c1-17-4-2-10-26(14-17)21-12-20(24-16-25-21)23-13-18-6-8-19(9-7-18)15-27-11-3-5-22(27)28/h6-9,12,16-17H,2-5,10-11,13-15H2,1H3,(H,23,24,25). The van der Waals surface area contributed by atoms with Crippen LogP contribution in [0.2, 0.25) is 0 Å². The molecule has 6 nitrogen and oxygen atoms in total. The molecule has 6 heteroatoms. The highest BCUT2D eigenvalue weighted by Gasteiger charge is 2.20. The molecular formula is C22H29N5O. The maximum atomic E-state index is 11.8. The van der Waals surface area contributed by atoms with Crippen LogP contribution in [0.1, 0.15) is 43.7 Å². The predicted octanol–water partition coefficient (Wildman–Crippen LogP) is 3.45. The number of piperidine rings is 1. The predicted molar refractivity (Wildman–Crippen MR) is 111 cm³/mol. The number of rotatable bonds is 6. The zero-order chi connectivity index (χ0) is 19.3. The van der Waals surface area contributed by atoms with E-state index >= 15 is 0 Å². The minimum atomic E-state index is 0.272. The summed E-state index contributed by atoms with van der Waals surface area (Å²) in [5.74, 6) is 2.85. The number of carbonyl (C=O) groups excluding carboxylic acids is 1. The van der Waals surface area contributed by atoms with Gasteiger partial charge in [-0.05, 0) is 36.3 Å². The van der Waals surface area contributed by atoms with Gasteiger partial charge in [-0.3, -0.25) is 4.79 Å². The van der Waals surface area contributed by atoms with E-state index in [1.807, 2.05) is 11.0 Å². The number of hydrogen-bond donors (Lipinski definition) is 1. The van der Waals surface area contributed by atoms with Crippen LogP contribution in [-0.2, 0) is 17.9 Å². The molecule has 2 aliphatic heterocycles. The number of benzene rings is 1. The fourth-order valence-electron chi connectivity index (χ4n) is 4.06. The van der Waals surface area contributed by atoms with Gasteiger partial charge in [-0.15, -0.1) is 0 Å². The van der Waals surface area contributed by atoms with Crippen LogP contribution in [0, 0.1) is 5.92 Å². The van der Waals surface area contributed by atoms with Crippen molar-refractivity contribution in [2.45, 2.75) is 45.7 Å². The van der Waals surface area contributed by atoms with E-state index in [1.54, 1.807) is 6.33 Å². The molecule has 1 atom stereocenters. The molecule has 2 saturated heterocycles. The highest BCUT2D eigenvalue weighted by molar-refractivity contribution is 5.78. The van der Waals surface area contributed by atoms with E-state index in [4.69, 9.17) is 0 Å². The van der Waals surface area contributed by atoms with Crippen molar-refractivity contribution in [2.24, 2.45) is 5.92 Å². The third-order valence-electron chi connectivity index (χ3n) is 5.68. The molecule has 0 spiro atoms. The van der Waals surface area contributed by atoms with Gasteiger partial charge in [-0.25, -0.2) is 9.97 Å². The number of nitrogens with zero attached hydrogens (tertiary/aromatic N) is 4. The molecule has 2 fully saturated rings. The summed E-state index contributed by atoms with van der Waals surface area (Å²) in [7, 11) is 0. The molecule has 0 bridgehead atoms. The summed E-state index contributed by atoms with van der Waals surface area (Å²) in [6, 6.07) is 10.5. The van der Waals surface area contributed by atoms with E-state index in [0.717, 1.165) is 56.7 Å². The van der Waals surface area contributed by atoms with Gasteiger partial charge in [0.2, 0.25) is 5.91 Å². The molecule has 148 valence electrons. The number of hydrogen-bond acceptors (Lipinski definition) is 5. The molecule has 3 heterocycles. The Labute approximate surface area is 167 Å². The number of carbonyl (C=O) groups is 1. The smallest absolute Gasteiger partial charge is 0.222 e.